The van der Waals surface area contributed by atoms with Crippen molar-refractivity contribution in [3.63, 3.8) is 0 Å². The van der Waals surface area contributed by atoms with Gasteiger partial charge in [0.1, 0.15) is 5.75 Å². The van der Waals surface area contributed by atoms with E-state index in [1.54, 1.807) is 19.2 Å². The molecular formula is C18H12ClN3O2S. The van der Waals surface area contributed by atoms with Crippen LogP contribution in [0.25, 0.3) is 22.4 Å². The highest BCUT2D eigenvalue weighted by molar-refractivity contribution is 7.15. The van der Waals surface area contributed by atoms with Gasteiger partial charge in [-0.1, -0.05) is 47.2 Å². The van der Waals surface area contributed by atoms with E-state index in [0.29, 0.717) is 20.3 Å². The van der Waals surface area contributed by atoms with Crippen molar-refractivity contribution in [1.29, 1.82) is 0 Å². The van der Waals surface area contributed by atoms with Gasteiger partial charge in [0, 0.05) is 10.6 Å². The molecule has 0 saturated carbocycles. The van der Waals surface area contributed by atoms with Crippen LogP contribution in [0.1, 0.15) is 5.56 Å². The summed E-state index contributed by atoms with van der Waals surface area (Å²) in [4.78, 5) is 13.4. The second-order valence-corrected chi connectivity index (χ2v) is 6.79. The summed E-state index contributed by atoms with van der Waals surface area (Å²) in [7, 11) is 1.61. The lowest BCUT2D eigenvalue weighted by molar-refractivity contribution is 0.414. The summed E-state index contributed by atoms with van der Waals surface area (Å²) >= 11 is 7.34. The average molecular weight is 370 g/mol. The molecule has 5 nitrogen and oxygen atoms in total. The predicted molar refractivity (Wildman–Crippen MR) is 99.4 cm³/mol. The molecule has 2 heterocycles. The van der Waals surface area contributed by atoms with Gasteiger partial charge in [-0.2, -0.15) is 0 Å². The summed E-state index contributed by atoms with van der Waals surface area (Å²) in [5, 5.41) is 8.84. The zero-order chi connectivity index (χ0) is 17.4. The summed E-state index contributed by atoms with van der Waals surface area (Å²) in [5.74, 6) is 1.23. The molecule has 0 saturated heterocycles. The Hall–Kier alpha value is -2.70. The topological polar surface area (TPSA) is 56.5 Å². The van der Waals surface area contributed by atoms with Crippen molar-refractivity contribution in [1.82, 2.24) is 14.6 Å². The number of halogens is 1. The fourth-order valence-corrected chi connectivity index (χ4v) is 3.66. The van der Waals surface area contributed by atoms with Gasteiger partial charge >= 0.3 is 0 Å². The molecule has 0 aliphatic rings. The minimum absolute atomic E-state index is 0.150. The maximum atomic E-state index is 12.8. The van der Waals surface area contributed by atoms with Crippen molar-refractivity contribution in [2.45, 2.75) is 0 Å². The minimum atomic E-state index is -0.150. The van der Waals surface area contributed by atoms with Gasteiger partial charge < -0.3 is 4.74 Å². The molecule has 0 radical (unpaired) electrons. The highest BCUT2D eigenvalue weighted by atomic mass is 35.5. The van der Waals surface area contributed by atoms with E-state index in [1.807, 2.05) is 42.5 Å². The predicted octanol–water partition coefficient (Wildman–Crippen LogP) is 3.03. The molecule has 2 aromatic carbocycles. The number of hydrogen-bond donors (Lipinski definition) is 0. The summed E-state index contributed by atoms with van der Waals surface area (Å²) in [5.41, 5.74) is 1.49. The second-order valence-electron chi connectivity index (χ2n) is 5.34. The van der Waals surface area contributed by atoms with E-state index >= 15 is 0 Å². The quantitative estimate of drug-likeness (QED) is 0.557. The molecule has 0 spiro atoms. The maximum Gasteiger partial charge on any atom is 0.276 e. The smallest absolute Gasteiger partial charge is 0.276 e. The molecule has 0 unspecified atom stereocenters. The molecule has 0 fully saturated rings. The Morgan fingerprint density at radius 2 is 2.00 bits per heavy atom. The first-order chi connectivity index (χ1) is 12.2. The van der Waals surface area contributed by atoms with Crippen LogP contribution in [0.5, 0.6) is 5.75 Å². The first kappa shape index (κ1) is 15.8. The van der Waals surface area contributed by atoms with Crippen LogP contribution in [0.2, 0.25) is 5.02 Å². The zero-order valence-electron chi connectivity index (χ0n) is 13.1. The van der Waals surface area contributed by atoms with Crippen LogP contribution < -0.4 is 14.8 Å². The van der Waals surface area contributed by atoms with Crippen molar-refractivity contribution in [3.05, 3.63) is 74.0 Å². The number of fused-ring (bicyclic) bond motifs is 1. The second kappa shape index (κ2) is 6.31. The molecule has 25 heavy (non-hydrogen) atoms. The molecule has 7 heteroatoms. The largest absolute Gasteiger partial charge is 0.497 e. The standard InChI is InChI=1S/C18H12ClN3O2S/c1-24-14-7-2-4-11(8-14)9-15-17(23)22-16(20-21-18(22)25-15)12-5-3-6-13(19)10-12/h2-10H,1H3/b15-9-. The summed E-state index contributed by atoms with van der Waals surface area (Å²) in [6.07, 6.45) is 1.83. The number of hydrogen-bond acceptors (Lipinski definition) is 5. The molecule has 0 amide bonds. The van der Waals surface area contributed by atoms with E-state index in [9.17, 15) is 4.79 Å². The van der Waals surface area contributed by atoms with E-state index in [1.165, 1.54) is 15.7 Å². The summed E-state index contributed by atoms with van der Waals surface area (Å²) in [6, 6.07) is 14.7. The average Bonchev–Trinajstić information content (AvgIpc) is 3.16. The first-order valence-electron chi connectivity index (χ1n) is 7.45. The normalized spacial score (nSPS) is 12.0. The van der Waals surface area contributed by atoms with E-state index in [2.05, 4.69) is 10.2 Å². The Morgan fingerprint density at radius 1 is 1.16 bits per heavy atom. The van der Waals surface area contributed by atoms with Crippen molar-refractivity contribution in [2.75, 3.05) is 7.11 Å². The minimum Gasteiger partial charge on any atom is -0.497 e. The third-order valence-corrected chi connectivity index (χ3v) is 4.92. The van der Waals surface area contributed by atoms with Crippen LogP contribution in [0.3, 0.4) is 0 Å². The van der Waals surface area contributed by atoms with Crippen molar-refractivity contribution < 1.29 is 4.74 Å². The Labute approximate surface area is 151 Å². The molecule has 4 rings (SSSR count). The SMILES string of the molecule is COc1cccc(/C=c2\sc3nnc(-c4cccc(Cl)c4)n3c2=O)c1. The lowest BCUT2D eigenvalue weighted by atomic mass is 10.2. The Bertz CT molecular complexity index is 1180. The molecule has 0 aliphatic carbocycles. The van der Waals surface area contributed by atoms with E-state index in [0.717, 1.165) is 16.9 Å². The highest BCUT2D eigenvalue weighted by Crippen LogP contribution is 2.21. The van der Waals surface area contributed by atoms with Gasteiger partial charge in [0.15, 0.2) is 5.82 Å². The molecule has 0 bridgehead atoms. The van der Waals surface area contributed by atoms with E-state index in [-0.39, 0.29) is 5.56 Å². The van der Waals surface area contributed by atoms with Gasteiger partial charge in [-0.3, -0.25) is 4.79 Å². The van der Waals surface area contributed by atoms with Crippen molar-refractivity contribution >= 4 is 34.0 Å². The first-order valence-corrected chi connectivity index (χ1v) is 8.65. The lowest BCUT2D eigenvalue weighted by Crippen LogP contribution is -2.23. The molecular weight excluding hydrogens is 358 g/mol. The van der Waals surface area contributed by atoms with Crippen LogP contribution in [-0.2, 0) is 0 Å². The Balaban J connectivity index is 1.89. The number of benzene rings is 2. The Morgan fingerprint density at radius 3 is 2.80 bits per heavy atom. The molecule has 0 atom stereocenters. The summed E-state index contributed by atoms with van der Waals surface area (Å²) in [6.45, 7) is 0. The zero-order valence-corrected chi connectivity index (χ0v) is 14.7. The number of thiazole rings is 1. The monoisotopic (exact) mass is 369 g/mol. The van der Waals surface area contributed by atoms with Gasteiger partial charge in [0.2, 0.25) is 4.96 Å². The number of ether oxygens (including phenoxy) is 1. The van der Waals surface area contributed by atoms with Crippen LogP contribution in [0.4, 0.5) is 0 Å². The fourth-order valence-electron chi connectivity index (χ4n) is 2.56. The number of aromatic nitrogens is 3. The van der Waals surface area contributed by atoms with Gasteiger partial charge in [0.05, 0.1) is 11.6 Å². The van der Waals surface area contributed by atoms with E-state index in [4.69, 9.17) is 16.3 Å². The van der Waals surface area contributed by atoms with E-state index < -0.39 is 0 Å². The Kier molecular flexibility index (Phi) is 3.99. The van der Waals surface area contributed by atoms with Gasteiger partial charge in [-0.05, 0) is 35.9 Å². The molecule has 0 N–H and O–H groups in total. The number of rotatable bonds is 3. The number of nitrogens with zero attached hydrogens (tertiary/aromatic N) is 3. The third-order valence-electron chi connectivity index (χ3n) is 3.72. The van der Waals surface area contributed by atoms with Crippen LogP contribution >= 0.6 is 22.9 Å². The van der Waals surface area contributed by atoms with Gasteiger partial charge in [0.25, 0.3) is 5.56 Å². The molecule has 124 valence electrons. The lowest BCUT2D eigenvalue weighted by Gasteiger charge is -1.99. The summed E-state index contributed by atoms with van der Waals surface area (Å²) < 4.78 is 7.32. The number of methoxy groups -OCH3 is 1. The van der Waals surface area contributed by atoms with Crippen LogP contribution in [0, 0.1) is 0 Å². The van der Waals surface area contributed by atoms with Crippen molar-refractivity contribution in [3.8, 4) is 17.1 Å². The van der Waals surface area contributed by atoms with Crippen LogP contribution in [0.15, 0.2) is 53.3 Å². The van der Waals surface area contributed by atoms with Crippen molar-refractivity contribution in [2.24, 2.45) is 0 Å². The maximum absolute atomic E-state index is 12.8. The van der Waals surface area contributed by atoms with Crippen LogP contribution in [-0.4, -0.2) is 21.7 Å². The molecule has 2 aromatic heterocycles. The molecule has 0 aliphatic heterocycles. The highest BCUT2D eigenvalue weighted by Gasteiger charge is 2.14. The molecule has 4 aromatic rings. The van der Waals surface area contributed by atoms with Gasteiger partial charge in [-0.25, -0.2) is 4.40 Å². The fraction of sp³-hybridized carbons (Fsp3) is 0.0556. The third kappa shape index (κ3) is 2.90. The van der Waals surface area contributed by atoms with Gasteiger partial charge in [-0.15, -0.1) is 10.2 Å².